The van der Waals surface area contributed by atoms with Crippen molar-refractivity contribution in [1.29, 1.82) is 0 Å². The maximum Gasteiger partial charge on any atom is 0.338 e. The second kappa shape index (κ2) is 10.9. The zero-order valence-corrected chi connectivity index (χ0v) is 18.7. The third kappa shape index (κ3) is 6.40. The Morgan fingerprint density at radius 3 is 2.69 bits per heavy atom. The number of hydrogen-bond donors (Lipinski definition) is 0. The molecule has 3 atom stereocenters. The molecule has 0 spiro atoms. The van der Waals surface area contributed by atoms with Crippen molar-refractivity contribution in [3.63, 3.8) is 0 Å². The van der Waals surface area contributed by atoms with E-state index in [9.17, 15) is 4.79 Å². The van der Waals surface area contributed by atoms with Crippen molar-refractivity contribution in [3.8, 4) is 5.75 Å². The molecule has 3 unspecified atom stereocenters. The number of benzene rings is 2. The Kier molecular flexibility index (Phi) is 8.29. The van der Waals surface area contributed by atoms with E-state index in [1.165, 1.54) is 0 Å². The van der Waals surface area contributed by atoms with E-state index in [2.05, 4.69) is 0 Å². The molecule has 0 aromatic heterocycles. The molecule has 1 heterocycles. The minimum atomic E-state index is -0.400. The molecule has 0 N–H and O–H groups in total. The highest BCUT2D eigenvalue weighted by Gasteiger charge is 2.31. The third-order valence-corrected chi connectivity index (χ3v) is 5.51. The molecule has 0 aliphatic carbocycles. The molecule has 6 nitrogen and oxygen atoms in total. The van der Waals surface area contributed by atoms with Crippen LogP contribution in [0.2, 0.25) is 0 Å². The Morgan fingerprint density at radius 1 is 1.17 bits per heavy atom. The first-order valence-corrected chi connectivity index (χ1v) is 10.4. The van der Waals surface area contributed by atoms with Gasteiger partial charge in [0.15, 0.2) is 6.29 Å². The largest absolute Gasteiger partial charge is 0.489 e. The van der Waals surface area contributed by atoms with Crippen LogP contribution < -0.4 is 4.74 Å². The first-order valence-electron chi connectivity index (χ1n) is 9.49. The maximum absolute atomic E-state index is 12.6. The summed E-state index contributed by atoms with van der Waals surface area (Å²) in [6.07, 6.45) is 0.687. The minimum absolute atomic E-state index is 0.00875. The van der Waals surface area contributed by atoms with Crippen molar-refractivity contribution in [2.24, 2.45) is 0 Å². The third-order valence-electron chi connectivity index (χ3n) is 4.79. The Bertz CT molecular complexity index is 785. The smallest absolute Gasteiger partial charge is 0.338 e. The van der Waals surface area contributed by atoms with Gasteiger partial charge in [0.05, 0.1) is 17.8 Å². The molecule has 0 radical (unpaired) electrons. The maximum atomic E-state index is 12.6. The monoisotopic (exact) mass is 512 g/mol. The van der Waals surface area contributed by atoms with Gasteiger partial charge in [-0.1, -0.05) is 36.4 Å². The molecule has 1 saturated heterocycles. The summed E-state index contributed by atoms with van der Waals surface area (Å²) in [6, 6.07) is 15.3. The first-order chi connectivity index (χ1) is 14.1. The Morgan fingerprint density at radius 2 is 1.97 bits per heavy atom. The molecule has 2 aromatic carbocycles. The molecule has 3 rings (SSSR count). The molecular weight excluding hydrogens is 487 g/mol. The van der Waals surface area contributed by atoms with Gasteiger partial charge < -0.3 is 22.0 Å². The molecule has 1 fully saturated rings. The number of ether oxygens (including phenoxy) is 4. The summed E-state index contributed by atoms with van der Waals surface area (Å²) >= 11 is 1.88. The zero-order valence-electron chi connectivity index (χ0n) is 16.5. The van der Waals surface area contributed by atoms with Gasteiger partial charge in [-0.05, 0) is 30.2 Å². The summed E-state index contributed by atoms with van der Waals surface area (Å²) in [5.74, 6) is 0.223. The second-order valence-electron chi connectivity index (χ2n) is 6.96. The molecule has 1 aliphatic heterocycles. The van der Waals surface area contributed by atoms with Crippen molar-refractivity contribution >= 4 is 29.0 Å². The number of halogens is 1. The molecule has 0 bridgehead atoms. The number of esters is 1. The topological polar surface area (TPSA) is 63.2 Å². The normalized spacial score (nSPS) is 21.6. The van der Waals surface area contributed by atoms with E-state index in [0.717, 1.165) is 11.1 Å². The lowest BCUT2D eigenvalue weighted by molar-refractivity contribution is -0.204. The lowest BCUT2D eigenvalue weighted by atomic mass is 10.1. The average molecular weight is 512 g/mol. The summed E-state index contributed by atoms with van der Waals surface area (Å²) in [5, 5.41) is 0. The van der Waals surface area contributed by atoms with Crippen LogP contribution in [-0.2, 0) is 23.9 Å². The van der Waals surface area contributed by atoms with Crippen LogP contribution in [0.15, 0.2) is 48.5 Å². The molecular formula is C22H25IO6. The first kappa shape index (κ1) is 22.0. The highest BCUT2D eigenvalue weighted by atomic mass is 127. The van der Waals surface area contributed by atoms with Gasteiger partial charge in [0.1, 0.15) is 42.0 Å². The highest BCUT2D eigenvalue weighted by molar-refractivity contribution is 14.1. The number of carbonyl (C=O) groups excluding carboxylic acids is 1. The van der Waals surface area contributed by atoms with Crippen molar-refractivity contribution in [2.45, 2.75) is 44.9 Å². The summed E-state index contributed by atoms with van der Waals surface area (Å²) in [7, 11) is 1.59. The quantitative estimate of drug-likeness (QED) is 0.380. The predicted molar refractivity (Wildman–Crippen MR) is 116 cm³/mol. The summed E-state index contributed by atoms with van der Waals surface area (Å²) < 4.78 is 27.8. The molecule has 1 aliphatic rings. The Balaban J connectivity index is 1.58. The van der Waals surface area contributed by atoms with Crippen LogP contribution in [0.25, 0.3) is 0 Å². The number of aryl methyl sites for hydroxylation is 1. The van der Waals surface area contributed by atoms with Gasteiger partial charge in [0.25, 0.3) is 0 Å². The standard InChI is InChI=1S/C22H25IO6/c1-15-8-9-17(26-13-16-6-4-3-5-7-16)11-20(15)22(24)27-14-19-10-18(29-23)12-21(25-2)28-19/h3-9,11,18-19,21H,10,12-14H2,1-2H3. The summed E-state index contributed by atoms with van der Waals surface area (Å²) in [4.78, 5) is 12.6. The van der Waals surface area contributed by atoms with Crippen LogP contribution in [0.4, 0.5) is 0 Å². The van der Waals surface area contributed by atoms with E-state index >= 15 is 0 Å². The highest BCUT2D eigenvalue weighted by Crippen LogP contribution is 2.25. The fraction of sp³-hybridized carbons (Fsp3) is 0.409. The fourth-order valence-electron chi connectivity index (χ4n) is 3.16. The van der Waals surface area contributed by atoms with Crippen LogP contribution in [0.5, 0.6) is 5.75 Å². The van der Waals surface area contributed by atoms with Gasteiger partial charge >= 0.3 is 5.97 Å². The van der Waals surface area contributed by atoms with E-state index in [1.54, 1.807) is 13.2 Å². The van der Waals surface area contributed by atoms with E-state index in [1.807, 2.05) is 72.4 Å². The molecule has 29 heavy (non-hydrogen) atoms. The van der Waals surface area contributed by atoms with E-state index < -0.39 is 5.97 Å². The van der Waals surface area contributed by atoms with Crippen LogP contribution in [0.3, 0.4) is 0 Å². The van der Waals surface area contributed by atoms with Crippen LogP contribution in [0, 0.1) is 6.92 Å². The number of hydrogen-bond acceptors (Lipinski definition) is 6. The van der Waals surface area contributed by atoms with Crippen LogP contribution in [0.1, 0.15) is 34.3 Å². The number of rotatable bonds is 8. The van der Waals surface area contributed by atoms with Crippen molar-refractivity contribution in [3.05, 3.63) is 65.2 Å². The lowest BCUT2D eigenvalue weighted by Gasteiger charge is -2.32. The lowest BCUT2D eigenvalue weighted by Crippen LogP contribution is -2.39. The fourth-order valence-corrected chi connectivity index (χ4v) is 3.58. The Hall–Kier alpha value is -1.68. The molecule has 7 heteroatoms. The van der Waals surface area contributed by atoms with E-state index in [4.69, 9.17) is 22.0 Å². The van der Waals surface area contributed by atoms with Crippen LogP contribution >= 0.6 is 23.0 Å². The van der Waals surface area contributed by atoms with Gasteiger partial charge in [0, 0.05) is 20.0 Å². The van der Waals surface area contributed by atoms with Gasteiger partial charge in [-0.25, -0.2) is 4.79 Å². The Labute approximate surface area is 185 Å². The SMILES string of the molecule is COC1CC(OI)CC(COC(=O)c2cc(OCc3ccccc3)ccc2C)O1. The number of carbonyl (C=O) groups is 1. The zero-order chi connectivity index (χ0) is 20.6. The van der Waals surface area contributed by atoms with Gasteiger partial charge in [0.2, 0.25) is 0 Å². The summed E-state index contributed by atoms with van der Waals surface area (Å²) in [6.45, 7) is 2.45. The van der Waals surface area contributed by atoms with E-state index in [0.29, 0.717) is 30.8 Å². The molecule has 2 aromatic rings. The van der Waals surface area contributed by atoms with Gasteiger partial charge in [-0.2, -0.15) is 0 Å². The molecule has 0 saturated carbocycles. The van der Waals surface area contributed by atoms with Gasteiger partial charge in [-0.3, -0.25) is 0 Å². The minimum Gasteiger partial charge on any atom is -0.489 e. The molecule has 156 valence electrons. The average Bonchev–Trinajstić information content (AvgIpc) is 2.77. The van der Waals surface area contributed by atoms with Crippen molar-refractivity contribution in [2.75, 3.05) is 13.7 Å². The van der Waals surface area contributed by atoms with Crippen molar-refractivity contribution in [1.82, 2.24) is 0 Å². The van der Waals surface area contributed by atoms with Gasteiger partial charge in [-0.15, -0.1) is 0 Å². The van der Waals surface area contributed by atoms with E-state index in [-0.39, 0.29) is 25.1 Å². The summed E-state index contributed by atoms with van der Waals surface area (Å²) in [5.41, 5.74) is 2.37. The van der Waals surface area contributed by atoms with Crippen molar-refractivity contribution < 1.29 is 26.8 Å². The van der Waals surface area contributed by atoms with Crippen LogP contribution in [-0.4, -0.2) is 38.2 Å². The number of methoxy groups -OCH3 is 1. The molecule has 0 amide bonds. The second-order valence-corrected chi connectivity index (χ2v) is 7.46. The predicted octanol–water partition coefficient (Wildman–Crippen LogP) is 4.62.